The van der Waals surface area contributed by atoms with E-state index >= 15 is 0 Å². The molecule has 0 radical (unpaired) electrons. The molecule has 1 heterocycles. The predicted molar refractivity (Wildman–Crippen MR) is 67.8 cm³/mol. The number of imidazole rings is 1. The molecule has 2 N–H and O–H groups in total. The molecule has 0 fully saturated rings. The van der Waals surface area contributed by atoms with Crippen LogP contribution >= 0.6 is 0 Å². The van der Waals surface area contributed by atoms with Gasteiger partial charge in [0.2, 0.25) is 0 Å². The molecule has 0 saturated carbocycles. The molecule has 1 aliphatic rings. The lowest BCUT2D eigenvalue weighted by Gasteiger charge is -2.13. The smallest absolute Gasteiger partial charge is 0.123 e. The fourth-order valence-electron chi connectivity index (χ4n) is 2.60. The van der Waals surface area contributed by atoms with Crippen LogP contribution in [0.2, 0.25) is 0 Å². The maximum absolute atomic E-state index is 13.1. The predicted octanol–water partition coefficient (Wildman–Crippen LogP) is 2.37. The molecule has 0 amide bonds. The normalized spacial score (nSPS) is 17.9. The first kappa shape index (κ1) is 11.4. The summed E-state index contributed by atoms with van der Waals surface area (Å²) in [6.07, 6.45) is 6.51. The first-order chi connectivity index (χ1) is 8.83. The van der Waals surface area contributed by atoms with Gasteiger partial charge in [-0.25, -0.2) is 9.37 Å². The molecule has 1 aromatic carbocycles. The van der Waals surface area contributed by atoms with Crippen LogP contribution < -0.4 is 5.32 Å². The Labute approximate surface area is 105 Å². The second kappa shape index (κ2) is 4.90. The van der Waals surface area contributed by atoms with Gasteiger partial charge >= 0.3 is 0 Å². The molecular weight excluding hydrogens is 229 g/mol. The molecule has 0 saturated heterocycles. The van der Waals surface area contributed by atoms with Gasteiger partial charge in [0.05, 0.1) is 0 Å². The van der Waals surface area contributed by atoms with Gasteiger partial charge in [0.1, 0.15) is 11.6 Å². The number of hydrogen-bond donors (Lipinski definition) is 2. The second-order valence-corrected chi connectivity index (χ2v) is 4.67. The Hall–Kier alpha value is -1.68. The summed E-state index contributed by atoms with van der Waals surface area (Å²) < 4.78 is 13.1. The third-order valence-electron chi connectivity index (χ3n) is 3.49. The van der Waals surface area contributed by atoms with E-state index in [1.54, 1.807) is 18.3 Å². The highest BCUT2D eigenvalue weighted by atomic mass is 19.1. The van der Waals surface area contributed by atoms with Gasteiger partial charge in [-0.05, 0) is 36.1 Å². The quantitative estimate of drug-likeness (QED) is 0.868. The van der Waals surface area contributed by atoms with Crippen molar-refractivity contribution in [2.75, 3.05) is 6.54 Å². The molecule has 0 aliphatic heterocycles. The van der Waals surface area contributed by atoms with Crippen LogP contribution in [0.4, 0.5) is 4.39 Å². The Morgan fingerprint density at radius 2 is 2.39 bits per heavy atom. The van der Waals surface area contributed by atoms with E-state index in [1.165, 1.54) is 5.56 Å². The fraction of sp³-hybridized carbons (Fsp3) is 0.357. The third kappa shape index (κ3) is 2.29. The Bertz CT molecular complexity index is 522. The molecule has 4 heteroatoms. The number of halogens is 1. The number of aryl methyl sites for hydroxylation is 1. The summed E-state index contributed by atoms with van der Waals surface area (Å²) in [5.41, 5.74) is 2.39. The molecule has 1 aliphatic carbocycles. The highest BCUT2D eigenvalue weighted by molar-refractivity contribution is 5.34. The number of nitrogens with zero attached hydrogens (tertiary/aromatic N) is 1. The number of fused-ring (bicyclic) bond motifs is 1. The van der Waals surface area contributed by atoms with Crippen molar-refractivity contribution in [2.24, 2.45) is 0 Å². The van der Waals surface area contributed by atoms with Crippen LogP contribution in [-0.2, 0) is 12.8 Å². The summed E-state index contributed by atoms with van der Waals surface area (Å²) in [6.45, 7) is 0.884. The van der Waals surface area contributed by atoms with Crippen LogP contribution in [0.25, 0.3) is 0 Å². The lowest BCUT2D eigenvalue weighted by Crippen LogP contribution is -2.22. The van der Waals surface area contributed by atoms with Gasteiger partial charge in [-0.1, -0.05) is 6.07 Å². The van der Waals surface area contributed by atoms with Crippen molar-refractivity contribution in [1.82, 2.24) is 15.3 Å². The summed E-state index contributed by atoms with van der Waals surface area (Å²) in [7, 11) is 0. The van der Waals surface area contributed by atoms with Crippen LogP contribution in [0.15, 0.2) is 30.6 Å². The number of benzene rings is 1. The number of hydrogen-bond acceptors (Lipinski definition) is 2. The van der Waals surface area contributed by atoms with Crippen molar-refractivity contribution >= 4 is 0 Å². The molecule has 94 valence electrons. The first-order valence-electron chi connectivity index (χ1n) is 6.33. The SMILES string of the molecule is Fc1ccc2c(c1)CCC2NCCc1ncc[nH]1. The maximum Gasteiger partial charge on any atom is 0.123 e. The fourth-order valence-corrected chi connectivity index (χ4v) is 2.60. The second-order valence-electron chi connectivity index (χ2n) is 4.67. The molecule has 1 aromatic heterocycles. The minimum absolute atomic E-state index is 0.134. The van der Waals surface area contributed by atoms with Gasteiger partial charge < -0.3 is 10.3 Å². The van der Waals surface area contributed by atoms with E-state index in [0.717, 1.165) is 37.2 Å². The molecule has 3 nitrogen and oxygen atoms in total. The van der Waals surface area contributed by atoms with Gasteiger partial charge in [-0.2, -0.15) is 0 Å². The van der Waals surface area contributed by atoms with Crippen LogP contribution in [0.3, 0.4) is 0 Å². The van der Waals surface area contributed by atoms with E-state index in [9.17, 15) is 4.39 Å². The van der Waals surface area contributed by atoms with Crippen molar-refractivity contribution < 1.29 is 4.39 Å². The van der Waals surface area contributed by atoms with Crippen molar-refractivity contribution in [2.45, 2.75) is 25.3 Å². The van der Waals surface area contributed by atoms with Crippen molar-refractivity contribution in [3.63, 3.8) is 0 Å². The standard InChI is InChI=1S/C14H16FN3/c15-11-2-3-12-10(9-11)1-4-13(12)16-6-5-14-17-7-8-18-14/h2-3,7-9,13,16H,1,4-6H2,(H,17,18). The average molecular weight is 245 g/mol. The molecule has 3 rings (SSSR count). The highest BCUT2D eigenvalue weighted by Crippen LogP contribution is 2.31. The number of nitrogens with one attached hydrogen (secondary N) is 2. The van der Waals surface area contributed by atoms with Crippen LogP contribution in [-0.4, -0.2) is 16.5 Å². The van der Waals surface area contributed by atoms with Crippen LogP contribution in [0.5, 0.6) is 0 Å². The van der Waals surface area contributed by atoms with Crippen LogP contribution in [0.1, 0.15) is 29.4 Å². The number of rotatable bonds is 4. The summed E-state index contributed by atoms with van der Waals surface area (Å²) in [6, 6.07) is 5.47. The highest BCUT2D eigenvalue weighted by Gasteiger charge is 2.21. The average Bonchev–Trinajstić information content (AvgIpc) is 2.99. The Kier molecular flexibility index (Phi) is 3.11. The molecule has 1 unspecified atom stereocenters. The van der Waals surface area contributed by atoms with Crippen molar-refractivity contribution in [3.05, 3.63) is 53.4 Å². The topological polar surface area (TPSA) is 40.7 Å². The first-order valence-corrected chi connectivity index (χ1v) is 6.33. The number of H-pyrrole nitrogens is 1. The number of aromatic amines is 1. The largest absolute Gasteiger partial charge is 0.349 e. The summed E-state index contributed by atoms with van der Waals surface area (Å²) in [4.78, 5) is 7.28. The van der Waals surface area contributed by atoms with E-state index in [-0.39, 0.29) is 5.82 Å². The third-order valence-corrected chi connectivity index (χ3v) is 3.49. The van der Waals surface area contributed by atoms with E-state index < -0.39 is 0 Å². The monoisotopic (exact) mass is 245 g/mol. The van der Waals surface area contributed by atoms with Crippen molar-refractivity contribution in [3.8, 4) is 0 Å². The zero-order valence-corrected chi connectivity index (χ0v) is 10.1. The van der Waals surface area contributed by atoms with Crippen molar-refractivity contribution in [1.29, 1.82) is 0 Å². The van der Waals surface area contributed by atoms with E-state index in [0.29, 0.717) is 6.04 Å². The molecule has 1 atom stereocenters. The Balaban J connectivity index is 1.59. The van der Waals surface area contributed by atoms with Crippen LogP contribution in [0, 0.1) is 5.82 Å². The van der Waals surface area contributed by atoms with Gasteiger partial charge in [0, 0.05) is 31.4 Å². The lowest BCUT2D eigenvalue weighted by molar-refractivity contribution is 0.530. The van der Waals surface area contributed by atoms with Gasteiger partial charge in [0.15, 0.2) is 0 Å². The van der Waals surface area contributed by atoms with Gasteiger partial charge in [-0.15, -0.1) is 0 Å². The van der Waals surface area contributed by atoms with E-state index in [1.807, 2.05) is 12.3 Å². The molecule has 0 spiro atoms. The summed E-state index contributed by atoms with van der Waals surface area (Å²) >= 11 is 0. The van der Waals surface area contributed by atoms with E-state index in [2.05, 4.69) is 15.3 Å². The number of aromatic nitrogens is 2. The van der Waals surface area contributed by atoms with Gasteiger partial charge in [-0.3, -0.25) is 0 Å². The lowest BCUT2D eigenvalue weighted by atomic mass is 10.1. The van der Waals surface area contributed by atoms with Gasteiger partial charge in [0.25, 0.3) is 0 Å². The summed E-state index contributed by atoms with van der Waals surface area (Å²) in [5, 5.41) is 3.51. The van der Waals surface area contributed by atoms with E-state index in [4.69, 9.17) is 0 Å². The zero-order valence-electron chi connectivity index (χ0n) is 10.1. The maximum atomic E-state index is 13.1. The Morgan fingerprint density at radius 1 is 1.44 bits per heavy atom. The zero-order chi connectivity index (χ0) is 12.4. The molecule has 2 aromatic rings. The minimum Gasteiger partial charge on any atom is -0.349 e. The summed E-state index contributed by atoms with van der Waals surface area (Å²) in [5.74, 6) is 0.866. The molecular formula is C14H16FN3. The minimum atomic E-state index is -0.134. The molecule has 0 bridgehead atoms. The Morgan fingerprint density at radius 3 is 3.22 bits per heavy atom. The molecule has 18 heavy (non-hydrogen) atoms.